The van der Waals surface area contributed by atoms with Crippen molar-refractivity contribution >= 4 is 42.6 Å². The highest BCUT2D eigenvalue weighted by molar-refractivity contribution is 7.89. The molecule has 7 nitrogen and oxygen atoms in total. The van der Waals surface area contributed by atoms with E-state index in [9.17, 15) is 17.6 Å². The topological polar surface area (TPSA) is 82.6 Å². The molecule has 1 aliphatic heterocycles. The number of sulfonamides is 1. The quantitative estimate of drug-likeness (QED) is 0.667. The van der Waals surface area contributed by atoms with Crippen LogP contribution in [0.3, 0.4) is 0 Å². The maximum Gasteiger partial charge on any atom is 0.243 e. The molecule has 4 rings (SSSR count). The lowest BCUT2D eigenvalue weighted by molar-refractivity contribution is -0.117. The number of hydrogen-bond acceptors (Lipinski definition) is 6. The van der Waals surface area contributed by atoms with Gasteiger partial charge in [-0.05, 0) is 36.4 Å². The number of carbonyl (C=O) groups excluding carboxylic acids is 1. The van der Waals surface area contributed by atoms with Crippen molar-refractivity contribution in [1.29, 1.82) is 0 Å². The van der Waals surface area contributed by atoms with Gasteiger partial charge < -0.3 is 5.32 Å². The molecule has 0 aliphatic carbocycles. The molecule has 1 fully saturated rings. The van der Waals surface area contributed by atoms with Crippen molar-refractivity contribution in [1.82, 2.24) is 14.2 Å². The Morgan fingerprint density at radius 1 is 1.07 bits per heavy atom. The second-order valence-electron chi connectivity index (χ2n) is 6.67. The van der Waals surface area contributed by atoms with E-state index in [4.69, 9.17) is 0 Å². The number of carbonyl (C=O) groups is 1. The monoisotopic (exact) mass is 434 g/mol. The number of halogens is 1. The lowest BCUT2D eigenvalue weighted by Gasteiger charge is -2.33. The van der Waals surface area contributed by atoms with Crippen LogP contribution in [-0.4, -0.2) is 61.2 Å². The number of fused-ring (bicyclic) bond motifs is 1. The normalized spacial score (nSPS) is 16.2. The molecule has 1 amide bonds. The SMILES string of the molecule is O=C(CN1CCN(S(=O)(=O)c2ccc(F)cc2)CC1)Nc1nc2ccccc2s1. The molecule has 0 atom stereocenters. The predicted molar refractivity (Wildman–Crippen MR) is 110 cm³/mol. The number of nitrogens with one attached hydrogen (secondary N) is 1. The summed E-state index contributed by atoms with van der Waals surface area (Å²) in [5.41, 5.74) is 0.840. The first kappa shape index (κ1) is 19.9. The lowest BCUT2D eigenvalue weighted by Crippen LogP contribution is -2.50. The third-order valence-corrected chi connectivity index (χ3v) is 7.55. The Hall–Kier alpha value is -2.40. The number of rotatable bonds is 5. The van der Waals surface area contributed by atoms with Gasteiger partial charge in [0.25, 0.3) is 0 Å². The highest BCUT2D eigenvalue weighted by atomic mass is 32.2. The summed E-state index contributed by atoms with van der Waals surface area (Å²) < 4.78 is 40.7. The van der Waals surface area contributed by atoms with Crippen LogP contribution in [0.2, 0.25) is 0 Å². The van der Waals surface area contributed by atoms with E-state index in [1.54, 1.807) is 0 Å². The van der Waals surface area contributed by atoms with Crippen LogP contribution in [0.1, 0.15) is 0 Å². The Kier molecular flexibility index (Phi) is 5.59. The second kappa shape index (κ2) is 8.15. The minimum absolute atomic E-state index is 0.0703. The molecule has 10 heteroatoms. The zero-order chi connectivity index (χ0) is 20.4. The van der Waals surface area contributed by atoms with Gasteiger partial charge in [-0.1, -0.05) is 23.5 Å². The molecular weight excluding hydrogens is 415 g/mol. The van der Waals surface area contributed by atoms with E-state index in [0.717, 1.165) is 22.3 Å². The number of thiazole rings is 1. The summed E-state index contributed by atoms with van der Waals surface area (Å²) in [5.74, 6) is -0.660. The zero-order valence-electron chi connectivity index (χ0n) is 15.4. The molecule has 152 valence electrons. The summed E-state index contributed by atoms with van der Waals surface area (Å²) in [6, 6.07) is 12.5. The summed E-state index contributed by atoms with van der Waals surface area (Å²) in [7, 11) is -3.66. The number of hydrogen-bond donors (Lipinski definition) is 1. The molecule has 1 aliphatic rings. The molecule has 0 bridgehead atoms. The third-order valence-electron chi connectivity index (χ3n) is 4.69. The number of benzene rings is 2. The largest absolute Gasteiger partial charge is 0.301 e. The molecule has 3 aromatic rings. The van der Waals surface area contributed by atoms with E-state index in [1.165, 1.54) is 27.8 Å². The highest BCUT2D eigenvalue weighted by Crippen LogP contribution is 2.25. The van der Waals surface area contributed by atoms with Gasteiger partial charge in [0.15, 0.2) is 5.13 Å². The molecular formula is C19H19FN4O3S2. The van der Waals surface area contributed by atoms with Crippen molar-refractivity contribution in [3.8, 4) is 0 Å². The summed E-state index contributed by atoms with van der Waals surface area (Å²) in [6.45, 7) is 1.59. The Labute approximate surface area is 171 Å². The highest BCUT2D eigenvalue weighted by Gasteiger charge is 2.29. The van der Waals surface area contributed by atoms with Crippen LogP contribution in [-0.2, 0) is 14.8 Å². The van der Waals surface area contributed by atoms with Gasteiger partial charge in [-0.15, -0.1) is 0 Å². The number of piperazine rings is 1. The number of amides is 1. The minimum atomic E-state index is -3.66. The molecule has 0 spiro atoms. The molecule has 0 unspecified atom stereocenters. The average molecular weight is 435 g/mol. The van der Waals surface area contributed by atoms with Gasteiger partial charge >= 0.3 is 0 Å². The van der Waals surface area contributed by atoms with Gasteiger partial charge in [0.2, 0.25) is 15.9 Å². The number of anilines is 1. The maximum atomic E-state index is 13.0. The van der Waals surface area contributed by atoms with Crippen LogP contribution >= 0.6 is 11.3 Å². The van der Waals surface area contributed by atoms with E-state index in [-0.39, 0.29) is 30.4 Å². The minimum Gasteiger partial charge on any atom is -0.301 e. The smallest absolute Gasteiger partial charge is 0.243 e. The number of para-hydroxylation sites is 1. The first-order valence-corrected chi connectivity index (χ1v) is 11.3. The molecule has 0 saturated carbocycles. The van der Waals surface area contributed by atoms with E-state index in [2.05, 4.69) is 10.3 Å². The molecule has 1 N–H and O–H groups in total. The average Bonchev–Trinajstić information content (AvgIpc) is 3.10. The predicted octanol–water partition coefficient (Wildman–Crippen LogP) is 2.38. The molecule has 29 heavy (non-hydrogen) atoms. The fourth-order valence-corrected chi connectivity index (χ4v) is 5.48. The van der Waals surface area contributed by atoms with Gasteiger partial charge in [0, 0.05) is 26.2 Å². The van der Waals surface area contributed by atoms with Crippen molar-refractivity contribution in [2.75, 3.05) is 38.0 Å². The van der Waals surface area contributed by atoms with Gasteiger partial charge in [0.1, 0.15) is 5.82 Å². The van der Waals surface area contributed by atoms with Crippen LogP contribution in [0.25, 0.3) is 10.2 Å². The fraction of sp³-hybridized carbons (Fsp3) is 0.263. The van der Waals surface area contributed by atoms with E-state index >= 15 is 0 Å². The van der Waals surface area contributed by atoms with E-state index < -0.39 is 15.8 Å². The Balaban J connectivity index is 1.32. The number of aromatic nitrogens is 1. The summed E-state index contributed by atoms with van der Waals surface area (Å²) in [6.07, 6.45) is 0. The van der Waals surface area contributed by atoms with Crippen molar-refractivity contribution in [2.45, 2.75) is 4.90 Å². The first-order valence-electron chi connectivity index (χ1n) is 9.05. The van der Waals surface area contributed by atoms with Crippen molar-refractivity contribution < 1.29 is 17.6 Å². The van der Waals surface area contributed by atoms with Crippen molar-refractivity contribution in [2.24, 2.45) is 0 Å². The lowest BCUT2D eigenvalue weighted by atomic mass is 10.3. The number of nitrogens with zero attached hydrogens (tertiary/aromatic N) is 3. The molecule has 2 heterocycles. The first-order chi connectivity index (χ1) is 13.9. The van der Waals surface area contributed by atoms with Gasteiger partial charge in [0.05, 0.1) is 21.7 Å². The molecule has 0 radical (unpaired) electrons. The van der Waals surface area contributed by atoms with Crippen LogP contribution in [0.15, 0.2) is 53.4 Å². The Bertz CT molecular complexity index is 1090. The summed E-state index contributed by atoms with van der Waals surface area (Å²) in [4.78, 5) is 18.7. The van der Waals surface area contributed by atoms with Crippen LogP contribution in [0, 0.1) is 5.82 Å². The Morgan fingerprint density at radius 2 is 1.76 bits per heavy atom. The molecule has 1 aromatic heterocycles. The molecule has 2 aromatic carbocycles. The van der Waals surface area contributed by atoms with Crippen molar-refractivity contribution in [3.05, 3.63) is 54.3 Å². The van der Waals surface area contributed by atoms with Gasteiger partial charge in [-0.3, -0.25) is 9.69 Å². The van der Waals surface area contributed by atoms with E-state index in [1.807, 2.05) is 29.2 Å². The van der Waals surface area contributed by atoms with Crippen molar-refractivity contribution in [3.63, 3.8) is 0 Å². The van der Waals surface area contributed by atoms with Crippen LogP contribution in [0.5, 0.6) is 0 Å². The summed E-state index contributed by atoms with van der Waals surface area (Å²) >= 11 is 1.41. The summed E-state index contributed by atoms with van der Waals surface area (Å²) in [5, 5.41) is 3.36. The molecule has 1 saturated heterocycles. The van der Waals surface area contributed by atoms with Gasteiger partial charge in [-0.2, -0.15) is 4.31 Å². The van der Waals surface area contributed by atoms with Crippen LogP contribution in [0.4, 0.5) is 9.52 Å². The standard InChI is InChI=1S/C19H19FN4O3S2/c20-14-5-7-15(8-6-14)29(26,27)24-11-9-23(10-12-24)13-18(25)22-19-21-16-3-1-2-4-17(16)28-19/h1-8H,9-13H2,(H,21,22,25). The second-order valence-corrected chi connectivity index (χ2v) is 9.64. The van der Waals surface area contributed by atoms with Crippen LogP contribution < -0.4 is 5.32 Å². The Morgan fingerprint density at radius 3 is 2.45 bits per heavy atom. The van der Waals surface area contributed by atoms with Gasteiger partial charge in [-0.25, -0.2) is 17.8 Å². The maximum absolute atomic E-state index is 13.0. The van der Waals surface area contributed by atoms with E-state index in [0.29, 0.717) is 18.2 Å². The third kappa shape index (κ3) is 4.45. The zero-order valence-corrected chi connectivity index (χ0v) is 17.0. The fourth-order valence-electron chi connectivity index (χ4n) is 3.17.